The SMILES string of the molecule is CCNC(=NCC(C)SC)NCCCOC1CCOC1. The largest absolute Gasteiger partial charge is 0.379 e. The van der Waals surface area contributed by atoms with Crippen LogP contribution in [0.3, 0.4) is 0 Å². The number of hydrogen-bond acceptors (Lipinski definition) is 4. The highest BCUT2D eigenvalue weighted by Crippen LogP contribution is 2.08. The third kappa shape index (κ3) is 7.97. The van der Waals surface area contributed by atoms with Crippen molar-refractivity contribution in [2.45, 2.75) is 38.0 Å². The molecule has 6 heteroatoms. The Balaban J connectivity index is 2.11. The number of nitrogens with one attached hydrogen (secondary N) is 2. The zero-order valence-corrected chi connectivity index (χ0v) is 13.8. The van der Waals surface area contributed by atoms with Crippen molar-refractivity contribution >= 4 is 17.7 Å². The lowest BCUT2D eigenvalue weighted by Gasteiger charge is -2.13. The third-order valence-electron chi connectivity index (χ3n) is 3.11. The zero-order chi connectivity index (χ0) is 14.6. The molecule has 20 heavy (non-hydrogen) atoms. The van der Waals surface area contributed by atoms with E-state index in [4.69, 9.17) is 9.47 Å². The fourth-order valence-electron chi connectivity index (χ4n) is 1.81. The Morgan fingerprint density at radius 1 is 1.50 bits per heavy atom. The maximum atomic E-state index is 5.73. The number of ether oxygens (including phenoxy) is 2. The van der Waals surface area contributed by atoms with Crippen LogP contribution in [0.5, 0.6) is 0 Å². The second kappa shape index (κ2) is 11.2. The van der Waals surface area contributed by atoms with Crippen molar-refractivity contribution in [1.82, 2.24) is 10.6 Å². The zero-order valence-electron chi connectivity index (χ0n) is 13.0. The molecule has 1 fully saturated rings. The van der Waals surface area contributed by atoms with Gasteiger partial charge >= 0.3 is 0 Å². The van der Waals surface area contributed by atoms with Gasteiger partial charge in [-0.3, -0.25) is 4.99 Å². The number of rotatable bonds is 9. The Bertz CT molecular complexity index is 271. The summed E-state index contributed by atoms with van der Waals surface area (Å²) in [7, 11) is 0. The molecule has 0 saturated carbocycles. The van der Waals surface area contributed by atoms with Crippen molar-refractivity contribution in [2.75, 3.05) is 45.7 Å². The molecule has 0 aromatic heterocycles. The molecule has 0 radical (unpaired) electrons. The minimum atomic E-state index is 0.305. The molecular formula is C14H29N3O2S. The Kier molecular flexibility index (Phi) is 9.87. The van der Waals surface area contributed by atoms with Crippen molar-refractivity contribution in [3.63, 3.8) is 0 Å². The topological polar surface area (TPSA) is 54.9 Å². The molecule has 2 unspecified atom stereocenters. The van der Waals surface area contributed by atoms with E-state index in [1.165, 1.54) is 0 Å². The summed E-state index contributed by atoms with van der Waals surface area (Å²) in [6, 6.07) is 0. The van der Waals surface area contributed by atoms with E-state index in [2.05, 4.69) is 35.7 Å². The van der Waals surface area contributed by atoms with E-state index in [0.29, 0.717) is 11.4 Å². The minimum absolute atomic E-state index is 0.305. The minimum Gasteiger partial charge on any atom is -0.379 e. The molecule has 0 spiro atoms. The molecule has 1 saturated heterocycles. The van der Waals surface area contributed by atoms with Crippen LogP contribution < -0.4 is 10.6 Å². The monoisotopic (exact) mass is 303 g/mol. The van der Waals surface area contributed by atoms with Gasteiger partial charge in [0, 0.05) is 31.6 Å². The first-order valence-corrected chi connectivity index (χ1v) is 8.79. The molecule has 1 aliphatic rings. The average Bonchev–Trinajstić information content (AvgIpc) is 2.97. The van der Waals surface area contributed by atoms with E-state index in [9.17, 15) is 0 Å². The normalized spacial score (nSPS) is 20.9. The summed E-state index contributed by atoms with van der Waals surface area (Å²) < 4.78 is 11.0. The maximum Gasteiger partial charge on any atom is 0.191 e. The summed E-state index contributed by atoms with van der Waals surface area (Å²) in [5.41, 5.74) is 0. The van der Waals surface area contributed by atoms with E-state index in [0.717, 1.165) is 58.3 Å². The number of aliphatic imine (C=N–C) groups is 1. The highest BCUT2D eigenvalue weighted by molar-refractivity contribution is 7.99. The number of nitrogens with zero attached hydrogens (tertiary/aromatic N) is 1. The molecular weight excluding hydrogens is 274 g/mol. The van der Waals surface area contributed by atoms with Gasteiger partial charge in [0.1, 0.15) is 0 Å². The van der Waals surface area contributed by atoms with Crippen LogP contribution in [0.4, 0.5) is 0 Å². The van der Waals surface area contributed by atoms with Gasteiger partial charge in [-0.05, 0) is 26.0 Å². The summed E-state index contributed by atoms with van der Waals surface area (Å²) in [6.07, 6.45) is 4.44. The molecule has 0 bridgehead atoms. The second-order valence-electron chi connectivity index (χ2n) is 4.90. The van der Waals surface area contributed by atoms with Gasteiger partial charge in [-0.2, -0.15) is 11.8 Å². The molecule has 2 atom stereocenters. The highest BCUT2D eigenvalue weighted by Gasteiger charge is 2.15. The van der Waals surface area contributed by atoms with Gasteiger partial charge in [0.15, 0.2) is 5.96 Å². The summed E-state index contributed by atoms with van der Waals surface area (Å²) in [5, 5.41) is 7.16. The molecule has 5 nitrogen and oxygen atoms in total. The lowest BCUT2D eigenvalue weighted by atomic mass is 10.3. The van der Waals surface area contributed by atoms with Crippen LogP contribution in [0.2, 0.25) is 0 Å². The van der Waals surface area contributed by atoms with Crippen molar-refractivity contribution in [3.05, 3.63) is 0 Å². The highest BCUT2D eigenvalue weighted by atomic mass is 32.2. The summed E-state index contributed by atoms with van der Waals surface area (Å²) in [6.45, 7) is 9.25. The van der Waals surface area contributed by atoms with Gasteiger partial charge in [-0.1, -0.05) is 6.92 Å². The van der Waals surface area contributed by atoms with Crippen molar-refractivity contribution in [2.24, 2.45) is 4.99 Å². The molecule has 0 aliphatic carbocycles. The van der Waals surface area contributed by atoms with Gasteiger partial charge in [0.2, 0.25) is 0 Å². The number of thioether (sulfide) groups is 1. The first-order valence-electron chi connectivity index (χ1n) is 7.50. The predicted molar refractivity (Wildman–Crippen MR) is 86.8 cm³/mol. The molecule has 0 aromatic rings. The van der Waals surface area contributed by atoms with Gasteiger partial charge in [-0.25, -0.2) is 0 Å². The fourth-order valence-corrected chi connectivity index (χ4v) is 2.03. The molecule has 118 valence electrons. The number of guanidine groups is 1. The summed E-state index contributed by atoms with van der Waals surface area (Å²) >= 11 is 1.84. The van der Waals surface area contributed by atoms with Crippen LogP contribution in [0.15, 0.2) is 4.99 Å². The Morgan fingerprint density at radius 3 is 3.00 bits per heavy atom. The van der Waals surface area contributed by atoms with Crippen LogP contribution in [0.25, 0.3) is 0 Å². The first-order chi connectivity index (χ1) is 9.76. The van der Waals surface area contributed by atoms with Gasteiger partial charge in [-0.15, -0.1) is 0 Å². The van der Waals surface area contributed by atoms with Crippen LogP contribution in [-0.4, -0.2) is 63.0 Å². The predicted octanol–water partition coefficient (Wildman–Crippen LogP) is 1.49. The number of hydrogen-bond donors (Lipinski definition) is 2. The van der Waals surface area contributed by atoms with Gasteiger partial charge in [0.05, 0.1) is 19.3 Å². The van der Waals surface area contributed by atoms with E-state index in [1.54, 1.807) is 0 Å². The van der Waals surface area contributed by atoms with Crippen LogP contribution >= 0.6 is 11.8 Å². The second-order valence-corrected chi connectivity index (χ2v) is 6.18. The Morgan fingerprint density at radius 2 is 2.35 bits per heavy atom. The molecule has 2 N–H and O–H groups in total. The van der Waals surface area contributed by atoms with Crippen molar-refractivity contribution in [3.8, 4) is 0 Å². The third-order valence-corrected chi connectivity index (χ3v) is 4.06. The maximum absolute atomic E-state index is 5.73. The molecule has 0 aromatic carbocycles. The average molecular weight is 303 g/mol. The van der Waals surface area contributed by atoms with Gasteiger partial charge in [0.25, 0.3) is 0 Å². The summed E-state index contributed by atoms with van der Waals surface area (Å²) in [5.74, 6) is 0.901. The lowest BCUT2D eigenvalue weighted by molar-refractivity contribution is 0.0420. The molecule has 1 heterocycles. The van der Waals surface area contributed by atoms with E-state index in [1.807, 2.05) is 11.8 Å². The van der Waals surface area contributed by atoms with Gasteiger partial charge < -0.3 is 20.1 Å². The Labute approximate surface area is 127 Å². The Hall–Kier alpha value is -0.460. The fraction of sp³-hybridized carbons (Fsp3) is 0.929. The van der Waals surface area contributed by atoms with Crippen LogP contribution in [-0.2, 0) is 9.47 Å². The quantitative estimate of drug-likeness (QED) is 0.384. The molecule has 1 aliphatic heterocycles. The van der Waals surface area contributed by atoms with E-state index < -0.39 is 0 Å². The lowest BCUT2D eigenvalue weighted by Crippen LogP contribution is -2.38. The van der Waals surface area contributed by atoms with E-state index in [-0.39, 0.29) is 0 Å². The smallest absolute Gasteiger partial charge is 0.191 e. The molecule has 0 amide bonds. The van der Waals surface area contributed by atoms with Crippen LogP contribution in [0.1, 0.15) is 26.7 Å². The molecule has 1 rings (SSSR count). The van der Waals surface area contributed by atoms with Crippen molar-refractivity contribution in [1.29, 1.82) is 0 Å². The van der Waals surface area contributed by atoms with E-state index >= 15 is 0 Å². The van der Waals surface area contributed by atoms with Crippen LogP contribution in [0, 0.1) is 0 Å². The summed E-state index contributed by atoms with van der Waals surface area (Å²) in [4.78, 5) is 4.57. The first kappa shape index (κ1) is 17.6. The standard InChI is InChI=1S/C14H29N3O2S/c1-4-15-14(17-10-12(2)20-3)16-7-5-8-19-13-6-9-18-11-13/h12-13H,4-11H2,1-3H3,(H2,15,16,17). The van der Waals surface area contributed by atoms with Crippen molar-refractivity contribution < 1.29 is 9.47 Å².